The van der Waals surface area contributed by atoms with Crippen LogP contribution in [0.1, 0.15) is 32.7 Å². The Balaban J connectivity index is 1.92. The van der Waals surface area contributed by atoms with Gasteiger partial charge in [-0.1, -0.05) is 11.8 Å². The molecule has 0 aromatic carbocycles. The highest BCUT2D eigenvalue weighted by molar-refractivity contribution is 7.99. The van der Waals surface area contributed by atoms with E-state index < -0.39 is 5.97 Å². The maximum Gasteiger partial charge on any atom is 0.325 e. The zero-order valence-electron chi connectivity index (χ0n) is 12.4. The average Bonchev–Trinajstić information content (AvgIpc) is 3.20. The lowest BCUT2D eigenvalue weighted by molar-refractivity contribution is -0.147. The summed E-state index contributed by atoms with van der Waals surface area (Å²) in [5.41, 5.74) is 0. The van der Waals surface area contributed by atoms with Gasteiger partial charge < -0.3 is 9.64 Å². The fraction of sp³-hybridized carbons (Fsp3) is 0.750. The Hall–Kier alpha value is -1.64. The van der Waals surface area contributed by atoms with Gasteiger partial charge in [-0.15, -0.1) is 5.10 Å². The molecule has 1 aliphatic carbocycles. The highest BCUT2D eigenvalue weighted by Gasteiger charge is 2.28. The van der Waals surface area contributed by atoms with Crippen LogP contribution >= 0.6 is 11.8 Å². The van der Waals surface area contributed by atoms with Crippen LogP contribution in [0.2, 0.25) is 0 Å². The summed E-state index contributed by atoms with van der Waals surface area (Å²) in [5, 5.41) is 12.2. The number of hydrogen-bond donors (Lipinski definition) is 0. The third-order valence-corrected chi connectivity index (χ3v) is 4.07. The van der Waals surface area contributed by atoms with Gasteiger partial charge in [-0.2, -0.15) is 0 Å². The van der Waals surface area contributed by atoms with Gasteiger partial charge in [0.1, 0.15) is 6.54 Å². The predicted molar refractivity (Wildman–Crippen MR) is 75.7 cm³/mol. The van der Waals surface area contributed by atoms with Crippen LogP contribution in [0.25, 0.3) is 0 Å². The van der Waals surface area contributed by atoms with Crippen LogP contribution in [0.4, 0.5) is 0 Å². The molecule has 0 atom stereocenters. The largest absolute Gasteiger partial charge is 0.468 e. The van der Waals surface area contributed by atoms with E-state index in [1.54, 1.807) is 4.68 Å². The van der Waals surface area contributed by atoms with E-state index in [1.807, 2.05) is 13.8 Å². The standard InChI is InChI=1S/C12H19N5O3S/c1-8(2)16(6-11(19)20-3)10(18)7-21-12-13-14-15-17(12)9-4-5-9/h8-9H,4-7H2,1-3H3. The second kappa shape index (κ2) is 6.88. The zero-order chi connectivity index (χ0) is 15.4. The summed E-state index contributed by atoms with van der Waals surface area (Å²) in [6, 6.07) is 0.297. The zero-order valence-corrected chi connectivity index (χ0v) is 13.2. The fourth-order valence-corrected chi connectivity index (χ4v) is 2.63. The molecule has 1 fully saturated rings. The molecule has 116 valence electrons. The van der Waals surface area contributed by atoms with E-state index in [2.05, 4.69) is 20.3 Å². The molecule has 1 amide bonds. The van der Waals surface area contributed by atoms with Crippen LogP contribution in [-0.2, 0) is 14.3 Å². The monoisotopic (exact) mass is 313 g/mol. The van der Waals surface area contributed by atoms with Crippen molar-refractivity contribution in [2.75, 3.05) is 19.4 Å². The van der Waals surface area contributed by atoms with Crippen molar-refractivity contribution < 1.29 is 14.3 Å². The number of tetrazole rings is 1. The Morgan fingerprint density at radius 1 is 1.48 bits per heavy atom. The van der Waals surface area contributed by atoms with Gasteiger partial charge in [0.15, 0.2) is 0 Å². The van der Waals surface area contributed by atoms with Gasteiger partial charge in [0.2, 0.25) is 11.1 Å². The molecule has 0 bridgehead atoms. The van der Waals surface area contributed by atoms with Crippen molar-refractivity contribution in [3.8, 4) is 0 Å². The second-order valence-corrected chi connectivity index (χ2v) is 6.06. The molecule has 0 aliphatic heterocycles. The topological polar surface area (TPSA) is 90.2 Å². The molecule has 0 unspecified atom stereocenters. The number of hydrogen-bond acceptors (Lipinski definition) is 7. The molecule has 0 saturated heterocycles. The smallest absolute Gasteiger partial charge is 0.325 e. The Kier molecular flexibility index (Phi) is 5.16. The number of amides is 1. The highest BCUT2D eigenvalue weighted by Crippen LogP contribution is 2.36. The number of nitrogens with zero attached hydrogens (tertiary/aromatic N) is 5. The molecule has 8 nitrogen and oxygen atoms in total. The third kappa shape index (κ3) is 4.16. The number of methoxy groups -OCH3 is 1. The van der Waals surface area contributed by atoms with Gasteiger partial charge in [-0.3, -0.25) is 9.59 Å². The summed E-state index contributed by atoms with van der Waals surface area (Å²) in [5.74, 6) is -0.363. The normalized spacial score (nSPS) is 14.3. The Labute approximate surface area is 127 Å². The van der Waals surface area contributed by atoms with Gasteiger partial charge in [0, 0.05) is 6.04 Å². The molecule has 0 spiro atoms. The second-order valence-electron chi connectivity index (χ2n) is 5.12. The molecule has 1 saturated carbocycles. The summed E-state index contributed by atoms with van der Waals surface area (Å²) in [7, 11) is 1.31. The molecule has 1 heterocycles. The average molecular weight is 313 g/mol. The number of carbonyl (C=O) groups excluding carboxylic acids is 2. The Morgan fingerprint density at radius 3 is 2.76 bits per heavy atom. The van der Waals surface area contributed by atoms with Crippen molar-refractivity contribution >= 4 is 23.6 Å². The SMILES string of the molecule is COC(=O)CN(C(=O)CSc1nnnn1C1CC1)C(C)C. The van der Waals surface area contributed by atoms with E-state index in [4.69, 9.17) is 0 Å². The van der Waals surface area contributed by atoms with Gasteiger partial charge in [-0.05, 0) is 37.1 Å². The molecule has 1 aromatic rings. The first-order valence-electron chi connectivity index (χ1n) is 6.80. The van der Waals surface area contributed by atoms with Crippen LogP contribution in [0.15, 0.2) is 5.16 Å². The number of aromatic nitrogens is 4. The van der Waals surface area contributed by atoms with E-state index in [9.17, 15) is 9.59 Å². The highest BCUT2D eigenvalue weighted by atomic mass is 32.2. The molecule has 21 heavy (non-hydrogen) atoms. The van der Waals surface area contributed by atoms with Gasteiger partial charge in [-0.25, -0.2) is 4.68 Å². The minimum absolute atomic E-state index is 0.0406. The summed E-state index contributed by atoms with van der Waals surface area (Å²) in [6.07, 6.45) is 2.15. The van der Waals surface area contributed by atoms with Crippen molar-refractivity contribution in [1.29, 1.82) is 0 Å². The number of ether oxygens (including phenoxy) is 1. The first-order chi connectivity index (χ1) is 10.0. The van der Waals surface area contributed by atoms with E-state index in [0.717, 1.165) is 12.8 Å². The summed E-state index contributed by atoms with van der Waals surface area (Å²) < 4.78 is 6.38. The lowest BCUT2D eigenvalue weighted by Gasteiger charge is -2.25. The first kappa shape index (κ1) is 15.7. The third-order valence-electron chi connectivity index (χ3n) is 3.15. The minimum atomic E-state index is -0.426. The minimum Gasteiger partial charge on any atom is -0.468 e. The Bertz CT molecular complexity index is 515. The fourth-order valence-electron chi connectivity index (χ4n) is 1.80. The molecule has 2 rings (SSSR count). The summed E-state index contributed by atoms with van der Waals surface area (Å²) in [6.45, 7) is 3.68. The number of thioether (sulfide) groups is 1. The van der Waals surface area contributed by atoms with Crippen molar-refractivity contribution in [3.05, 3.63) is 0 Å². The van der Waals surface area contributed by atoms with Crippen LogP contribution in [-0.4, -0.2) is 62.4 Å². The predicted octanol–water partition coefficient (Wildman–Crippen LogP) is 0.510. The summed E-state index contributed by atoms with van der Waals surface area (Å²) in [4.78, 5) is 25.1. The lowest BCUT2D eigenvalue weighted by atomic mass is 10.3. The van der Waals surface area contributed by atoms with Gasteiger partial charge >= 0.3 is 5.97 Å². The van der Waals surface area contributed by atoms with E-state index in [0.29, 0.717) is 11.2 Å². The number of esters is 1. The van der Waals surface area contributed by atoms with Crippen molar-refractivity contribution in [2.45, 2.75) is 43.9 Å². The van der Waals surface area contributed by atoms with Crippen molar-refractivity contribution in [1.82, 2.24) is 25.1 Å². The van der Waals surface area contributed by atoms with Crippen LogP contribution in [0.3, 0.4) is 0 Å². The molecule has 1 aromatic heterocycles. The van der Waals surface area contributed by atoms with Crippen LogP contribution in [0, 0.1) is 0 Å². The van der Waals surface area contributed by atoms with E-state index >= 15 is 0 Å². The van der Waals surface area contributed by atoms with Crippen LogP contribution < -0.4 is 0 Å². The number of rotatable bonds is 7. The molecule has 0 N–H and O–H groups in total. The molecular weight excluding hydrogens is 294 g/mol. The molecule has 9 heteroatoms. The lowest BCUT2D eigenvalue weighted by Crippen LogP contribution is -2.42. The van der Waals surface area contributed by atoms with Gasteiger partial charge in [0.25, 0.3) is 0 Å². The van der Waals surface area contributed by atoms with E-state index in [-0.39, 0.29) is 24.2 Å². The maximum absolute atomic E-state index is 12.2. The first-order valence-corrected chi connectivity index (χ1v) is 7.78. The Morgan fingerprint density at radius 2 is 2.19 bits per heavy atom. The molecule has 0 radical (unpaired) electrons. The van der Waals surface area contributed by atoms with E-state index in [1.165, 1.54) is 23.8 Å². The van der Waals surface area contributed by atoms with Crippen molar-refractivity contribution in [3.63, 3.8) is 0 Å². The van der Waals surface area contributed by atoms with Crippen LogP contribution in [0.5, 0.6) is 0 Å². The summed E-state index contributed by atoms with van der Waals surface area (Å²) >= 11 is 1.29. The van der Waals surface area contributed by atoms with Gasteiger partial charge in [0.05, 0.1) is 18.9 Å². The molecular formula is C12H19N5O3S. The quantitative estimate of drug-likeness (QED) is 0.535. The number of carbonyl (C=O) groups is 2. The van der Waals surface area contributed by atoms with Crippen molar-refractivity contribution in [2.24, 2.45) is 0 Å². The molecule has 1 aliphatic rings. The maximum atomic E-state index is 12.2.